The molecule has 0 radical (unpaired) electrons. The highest BCUT2D eigenvalue weighted by molar-refractivity contribution is 7.89. The van der Waals surface area contributed by atoms with Gasteiger partial charge < -0.3 is 10.2 Å². The van der Waals surface area contributed by atoms with E-state index in [4.69, 9.17) is 0 Å². The molecule has 24 heavy (non-hydrogen) atoms. The van der Waals surface area contributed by atoms with E-state index < -0.39 is 10.0 Å². The Balaban J connectivity index is 0.00000208. The summed E-state index contributed by atoms with van der Waals surface area (Å²) >= 11 is 0. The van der Waals surface area contributed by atoms with Crippen molar-refractivity contribution in [2.75, 3.05) is 45.0 Å². The lowest BCUT2D eigenvalue weighted by Crippen LogP contribution is -2.47. The molecule has 0 spiro atoms. The molecule has 3 fully saturated rings. The average Bonchev–Trinajstić information content (AvgIpc) is 2.93. The molecule has 0 aliphatic carbocycles. The van der Waals surface area contributed by atoms with Crippen molar-refractivity contribution >= 4 is 28.3 Å². The van der Waals surface area contributed by atoms with E-state index in [1.165, 1.54) is 4.31 Å². The first kappa shape index (κ1) is 19.9. The molecular formula is C16H30ClN3O3S. The number of fused-ring (bicyclic) bond motifs is 1. The third kappa shape index (κ3) is 4.23. The smallest absolute Gasteiger partial charge is 0.227 e. The lowest BCUT2D eigenvalue weighted by molar-refractivity contribution is -0.136. The van der Waals surface area contributed by atoms with E-state index in [9.17, 15) is 13.2 Å². The van der Waals surface area contributed by atoms with Gasteiger partial charge in [-0.1, -0.05) is 0 Å². The number of likely N-dealkylation sites (tertiary alicyclic amines) is 1. The molecule has 0 bridgehead atoms. The fourth-order valence-electron chi connectivity index (χ4n) is 4.28. The van der Waals surface area contributed by atoms with Crippen molar-refractivity contribution in [1.82, 2.24) is 14.5 Å². The fourth-order valence-corrected chi connectivity index (χ4v) is 5.46. The Labute approximate surface area is 151 Å². The normalized spacial score (nSPS) is 31.9. The van der Waals surface area contributed by atoms with Gasteiger partial charge in [0.15, 0.2) is 0 Å². The standard InChI is InChI=1S/C16H29N3O3S.ClH/c1-2-23(21,22)19-7-3-4-15(12-19)16(20)18-8-5-13-10-17-11-14(13)6-9-18;/h13-15,17H,2-12H2,1H3;1H/t13-,14+,15?;. The molecule has 8 heteroatoms. The quantitative estimate of drug-likeness (QED) is 0.791. The highest BCUT2D eigenvalue weighted by Gasteiger charge is 2.36. The summed E-state index contributed by atoms with van der Waals surface area (Å²) in [6.07, 6.45) is 3.76. The maximum atomic E-state index is 12.9. The molecule has 0 aromatic carbocycles. The number of piperidine rings is 1. The molecule has 1 N–H and O–H groups in total. The fraction of sp³-hybridized carbons (Fsp3) is 0.938. The Morgan fingerprint density at radius 1 is 1.08 bits per heavy atom. The SMILES string of the molecule is CCS(=O)(=O)N1CCCC(C(=O)N2CC[C@@H]3CNC[C@@H]3CC2)C1.Cl. The molecule has 0 aromatic rings. The molecule has 3 aliphatic rings. The van der Waals surface area contributed by atoms with Crippen molar-refractivity contribution in [2.45, 2.75) is 32.6 Å². The number of sulfonamides is 1. The topological polar surface area (TPSA) is 69.7 Å². The summed E-state index contributed by atoms with van der Waals surface area (Å²) in [5.74, 6) is 1.55. The second kappa shape index (κ2) is 8.34. The van der Waals surface area contributed by atoms with E-state index in [2.05, 4.69) is 5.32 Å². The van der Waals surface area contributed by atoms with Crippen LogP contribution < -0.4 is 5.32 Å². The van der Waals surface area contributed by atoms with Crippen molar-refractivity contribution < 1.29 is 13.2 Å². The summed E-state index contributed by atoms with van der Waals surface area (Å²) in [4.78, 5) is 14.9. The lowest BCUT2D eigenvalue weighted by Gasteiger charge is -2.34. The van der Waals surface area contributed by atoms with Crippen molar-refractivity contribution in [3.63, 3.8) is 0 Å². The van der Waals surface area contributed by atoms with Crippen LogP contribution in [0.15, 0.2) is 0 Å². The van der Waals surface area contributed by atoms with Crippen molar-refractivity contribution in [3.8, 4) is 0 Å². The van der Waals surface area contributed by atoms with E-state index in [-0.39, 0.29) is 30.0 Å². The van der Waals surface area contributed by atoms with E-state index in [1.54, 1.807) is 6.92 Å². The molecule has 6 nitrogen and oxygen atoms in total. The van der Waals surface area contributed by atoms with Crippen LogP contribution in [0.1, 0.15) is 32.6 Å². The van der Waals surface area contributed by atoms with E-state index in [0.29, 0.717) is 24.9 Å². The van der Waals surface area contributed by atoms with Crippen LogP contribution in [0.3, 0.4) is 0 Å². The van der Waals surface area contributed by atoms with Crippen molar-refractivity contribution in [2.24, 2.45) is 17.8 Å². The maximum Gasteiger partial charge on any atom is 0.227 e. The first-order valence-corrected chi connectivity index (χ1v) is 10.6. The Bertz CT molecular complexity index is 529. The first-order valence-electron chi connectivity index (χ1n) is 8.98. The highest BCUT2D eigenvalue weighted by atomic mass is 35.5. The minimum absolute atomic E-state index is 0. The van der Waals surface area contributed by atoms with Gasteiger partial charge in [-0.15, -0.1) is 12.4 Å². The molecule has 3 saturated heterocycles. The number of hydrogen-bond donors (Lipinski definition) is 1. The van der Waals surface area contributed by atoms with E-state index in [0.717, 1.165) is 51.9 Å². The Morgan fingerprint density at radius 2 is 1.71 bits per heavy atom. The zero-order chi connectivity index (χ0) is 16.4. The van der Waals surface area contributed by atoms with Crippen LogP contribution >= 0.6 is 12.4 Å². The minimum atomic E-state index is -3.18. The van der Waals surface area contributed by atoms with Gasteiger partial charge in [-0.25, -0.2) is 12.7 Å². The van der Waals surface area contributed by atoms with Crippen LogP contribution in [-0.2, 0) is 14.8 Å². The number of halogens is 1. The number of carbonyl (C=O) groups excluding carboxylic acids is 1. The molecule has 0 saturated carbocycles. The maximum absolute atomic E-state index is 12.9. The van der Waals surface area contributed by atoms with Crippen LogP contribution in [0, 0.1) is 17.8 Å². The summed E-state index contributed by atoms with van der Waals surface area (Å²) in [6.45, 7) is 6.44. The molecule has 140 valence electrons. The number of carbonyl (C=O) groups is 1. The summed E-state index contributed by atoms with van der Waals surface area (Å²) in [7, 11) is -3.18. The summed E-state index contributed by atoms with van der Waals surface area (Å²) in [6, 6.07) is 0. The molecule has 3 aliphatic heterocycles. The van der Waals surface area contributed by atoms with Gasteiger partial charge in [-0.3, -0.25) is 4.79 Å². The second-order valence-corrected chi connectivity index (χ2v) is 9.44. The van der Waals surface area contributed by atoms with Crippen molar-refractivity contribution in [1.29, 1.82) is 0 Å². The van der Waals surface area contributed by atoms with Gasteiger partial charge in [0.05, 0.1) is 11.7 Å². The molecule has 3 atom stereocenters. The second-order valence-electron chi connectivity index (χ2n) is 7.18. The van der Waals surface area contributed by atoms with Gasteiger partial charge >= 0.3 is 0 Å². The summed E-state index contributed by atoms with van der Waals surface area (Å²) in [5.41, 5.74) is 0. The third-order valence-electron chi connectivity index (χ3n) is 5.82. The number of hydrogen-bond acceptors (Lipinski definition) is 4. The van der Waals surface area contributed by atoms with Gasteiger partial charge in [0.1, 0.15) is 0 Å². The molecule has 3 heterocycles. The van der Waals surface area contributed by atoms with Gasteiger partial charge in [-0.05, 0) is 57.5 Å². The summed E-state index contributed by atoms with van der Waals surface area (Å²) in [5, 5.41) is 3.45. The molecule has 1 amide bonds. The number of rotatable bonds is 3. The zero-order valence-corrected chi connectivity index (χ0v) is 16.1. The van der Waals surface area contributed by atoms with Crippen LogP contribution in [0.2, 0.25) is 0 Å². The molecular weight excluding hydrogens is 350 g/mol. The van der Waals surface area contributed by atoms with Gasteiger partial charge in [-0.2, -0.15) is 0 Å². The third-order valence-corrected chi connectivity index (χ3v) is 7.67. The van der Waals surface area contributed by atoms with Crippen molar-refractivity contribution in [3.05, 3.63) is 0 Å². The monoisotopic (exact) mass is 379 g/mol. The Hall–Kier alpha value is -0.370. The average molecular weight is 380 g/mol. The van der Waals surface area contributed by atoms with Gasteiger partial charge in [0.25, 0.3) is 0 Å². The number of nitrogens with zero attached hydrogens (tertiary/aromatic N) is 2. The first-order chi connectivity index (χ1) is 11.0. The van der Waals surface area contributed by atoms with E-state index in [1.807, 2.05) is 4.90 Å². The number of nitrogens with one attached hydrogen (secondary N) is 1. The molecule has 0 aromatic heterocycles. The Morgan fingerprint density at radius 3 is 2.29 bits per heavy atom. The summed E-state index contributed by atoms with van der Waals surface area (Å²) < 4.78 is 25.7. The van der Waals surface area contributed by atoms with Crippen LogP contribution in [0.25, 0.3) is 0 Å². The van der Waals surface area contributed by atoms with Crippen LogP contribution in [0.5, 0.6) is 0 Å². The predicted molar refractivity (Wildman–Crippen MR) is 96.7 cm³/mol. The highest BCUT2D eigenvalue weighted by Crippen LogP contribution is 2.29. The minimum Gasteiger partial charge on any atom is -0.342 e. The predicted octanol–water partition coefficient (Wildman–Crippen LogP) is 0.928. The van der Waals surface area contributed by atoms with Crippen LogP contribution in [0.4, 0.5) is 0 Å². The molecule has 1 unspecified atom stereocenters. The van der Waals surface area contributed by atoms with Crippen LogP contribution in [-0.4, -0.2) is 68.6 Å². The Kier molecular flexibility index (Phi) is 6.93. The van der Waals surface area contributed by atoms with Gasteiger partial charge in [0, 0.05) is 26.2 Å². The molecule has 3 rings (SSSR count). The lowest BCUT2D eigenvalue weighted by atomic mass is 9.92. The van der Waals surface area contributed by atoms with E-state index >= 15 is 0 Å². The van der Waals surface area contributed by atoms with Gasteiger partial charge in [0.2, 0.25) is 15.9 Å². The largest absolute Gasteiger partial charge is 0.342 e. The zero-order valence-electron chi connectivity index (χ0n) is 14.4. The number of amides is 1.